The molecule has 2 N–H and O–H groups in total. The number of aromatic hydroxyl groups is 1. The van der Waals surface area contributed by atoms with Crippen LogP contribution >= 0.6 is 0 Å². The maximum absolute atomic E-state index is 12.1. The standard InChI is InChI=1S/C14H15N3O4.CH4O/c1-3-16(4-2)14(19)11(9-15)5-10-6-12(17(20)21)8-13(18)7-10;1-2/h5-8,18H,3-4H2,1-2H3;2H,1H3/b11-5+;. The van der Waals surface area contributed by atoms with E-state index in [1.807, 2.05) is 0 Å². The number of non-ortho nitro benzene ring substituents is 1. The fourth-order valence-corrected chi connectivity index (χ4v) is 1.80. The molecule has 0 bridgehead atoms. The molecule has 23 heavy (non-hydrogen) atoms. The van der Waals surface area contributed by atoms with Gasteiger partial charge in [0.25, 0.3) is 11.6 Å². The third-order valence-corrected chi connectivity index (χ3v) is 2.85. The van der Waals surface area contributed by atoms with Crippen LogP contribution in [0, 0.1) is 21.4 Å². The average molecular weight is 321 g/mol. The summed E-state index contributed by atoms with van der Waals surface area (Å²) in [5.74, 6) is -0.753. The Labute approximate surface area is 134 Å². The molecule has 0 radical (unpaired) electrons. The summed E-state index contributed by atoms with van der Waals surface area (Å²) in [6, 6.07) is 5.22. The van der Waals surface area contributed by atoms with Gasteiger partial charge in [-0.1, -0.05) is 0 Å². The highest BCUT2D eigenvalue weighted by Crippen LogP contribution is 2.23. The minimum atomic E-state index is -0.657. The molecule has 0 heterocycles. The lowest BCUT2D eigenvalue weighted by molar-refractivity contribution is -0.384. The number of phenols is 1. The van der Waals surface area contributed by atoms with Crippen LogP contribution in [0.5, 0.6) is 5.75 Å². The molecular weight excluding hydrogens is 302 g/mol. The fourth-order valence-electron chi connectivity index (χ4n) is 1.80. The van der Waals surface area contributed by atoms with Crippen LogP contribution in [-0.2, 0) is 4.79 Å². The third-order valence-electron chi connectivity index (χ3n) is 2.85. The average Bonchev–Trinajstić information content (AvgIpc) is 2.54. The molecule has 1 rings (SSSR count). The normalized spacial score (nSPS) is 10.1. The maximum atomic E-state index is 12.1. The molecule has 8 nitrogen and oxygen atoms in total. The smallest absolute Gasteiger partial charge is 0.273 e. The van der Waals surface area contributed by atoms with Crippen molar-refractivity contribution in [2.24, 2.45) is 0 Å². The minimum absolute atomic E-state index is 0.140. The Morgan fingerprint density at radius 2 is 1.91 bits per heavy atom. The number of nitriles is 1. The van der Waals surface area contributed by atoms with Gasteiger partial charge in [-0.3, -0.25) is 14.9 Å². The van der Waals surface area contributed by atoms with Crippen molar-refractivity contribution in [1.29, 1.82) is 5.26 Å². The van der Waals surface area contributed by atoms with Gasteiger partial charge in [0, 0.05) is 26.3 Å². The van der Waals surface area contributed by atoms with Gasteiger partial charge >= 0.3 is 0 Å². The number of amides is 1. The summed E-state index contributed by atoms with van der Waals surface area (Å²) < 4.78 is 0. The number of nitro groups is 1. The van der Waals surface area contributed by atoms with Crippen LogP contribution < -0.4 is 0 Å². The maximum Gasteiger partial charge on any atom is 0.273 e. The zero-order chi connectivity index (χ0) is 18.0. The monoisotopic (exact) mass is 321 g/mol. The summed E-state index contributed by atoms with van der Waals surface area (Å²) in [6.07, 6.45) is 1.23. The van der Waals surface area contributed by atoms with E-state index in [9.17, 15) is 20.0 Å². The predicted octanol–water partition coefficient (Wildman–Crippen LogP) is 1.68. The van der Waals surface area contributed by atoms with Crippen molar-refractivity contribution in [2.75, 3.05) is 20.2 Å². The van der Waals surface area contributed by atoms with Gasteiger partial charge in [-0.05, 0) is 31.6 Å². The summed E-state index contributed by atoms with van der Waals surface area (Å²) in [4.78, 5) is 23.6. The molecule has 0 aliphatic rings. The van der Waals surface area contributed by atoms with E-state index in [1.165, 1.54) is 23.1 Å². The molecule has 0 aliphatic heterocycles. The number of hydrogen-bond donors (Lipinski definition) is 2. The molecule has 8 heteroatoms. The highest BCUT2D eigenvalue weighted by Gasteiger charge is 2.16. The van der Waals surface area contributed by atoms with E-state index in [0.29, 0.717) is 13.1 Å². The molecule has 0 aliphatic carbocycles. The molecule has 0 aromatic heterocycles. The van der Waals surface area contributed by atoms with E-state index in [1.54, 1.807) is 19.9 Å². The van der Waals surface area contributed by atoms with Gasteiger partial charge < -0.3 is 15.1 Å². The zero-order valence-corrected chi connectivity index (χ0v) is 13.2. The Bertz CT molecular complexity index is 630. The molecule has 0 fully saturated rings. The number of hydrogen-bond acceptors (Lipinski definition) is 6. The second kappa shape index (κ2) is 9.92. The highest BCUT2D eigenvalue weighted by atomic mass is 16.6. The molecule has 0 spiro atoms. The molecule has 0 saturated carbocycles. The first kappa shape index (κ1) is 20.1. The number of carbonyl (C=O) groups excluding carboxylic acids is 1. The van der Waals surface area contributed by atoms with Crippen molar-refractivity contribution < 1.29 is 19.9 Å². The first-order valence-corrected chi connectivity index (χ1v) is 6.77. The van der Waals surface area contributed by atoms with E-state index in [2.05, 4.69) is 0 Å². The zero-order valence-electron chi connectivity index (χ0n) is 13.2. The van der Waals surface area contributed by atoms with Crippen molar-refractivity contribution >= 4 is 17.7 Å². The highest BCUT2D eigenvalue weighted by molar-refractivity contribution is 6.01. The summed E-state index contributed by atoms with van der Waals surface area (Å²) in [5, 5.41) is 36.3. The Morgan fingerprint density at radius 1 is 1.35 bits per heavy atom. The van der Waals surface area contributed by atoms with Crippen molar-refractivity contribution in [3.8, 4) is 11.8 Å². The SMILES string of the molecule is CCN(CC)C(=O)/C(C#N)=C/c1cc(O)cc([N+](=O)[O-])c1.CO. The Hall–Kier alpha value is -2.92. The Kier molecular flexibility index (Phi) is 8.66. The minimum Gasteiger partial charge on any atom is -0.508 e. The summed E-state index contributed by atoms with van der Waals surface area (Å²) in [5.41, 5.74) is -0.230. The topological polar surface area (TPSA) is 128 Å². The van der Waals surface area contributed by atoms with Gasteiger partial charge in [0.15, 0.2) is 0 Å². The van der Waals surface area contributed by atoms with Crippen LogP contribution in [0.15, 0.2) is 23.8 Å². The fraction of sp³-hybridized carbons (Fsp3) is 0.333. The number of nitrogens with zero attached hydrogens (tertiary/aromatic N) is 3. The number of benzene rings is 1. The van der Waals surface area contributed by atoms with E-state index in [0.717, 1.165) is 13.2 Å². The first-order valence-electron chi connectivity index (χ1n) is 6.77. The number of phenolic OH excluding ortho intramolecular Hbond substituents is 1. The summed E-state index contributed by atoms with van der Waals surface area (Å²) in [7, 11) is 1.00. The number of rotatable bonds is 5. The van der Waals surface area contributed by atoms with Crippen LogP contribution in [0.25, 0.3) is 6.08 Å². The van der Waals surface area contributed by atoms with Crippen LogP contribution in [0.2, 0.25) is 0 Å². The summed E-state index contributed by atoms with van der Waals surface area (Å²) >= 11 is 0. The molecular formula is C15H19N3O5. The molecule has 1 amide bonds. The van der Waals surface area contributed by atoms with Crippen LogP contribution in [0.1, 0.15) is 19.4 Å². The predicted molar refractivity (Wildman–Crippen MR) is 84.4 cm³/mol. The number of aliphatic hydroxyl groups excluding tert-OH is 1. The van der Waals surface area contributed by atoms with Crippen molar-refractivity contribution in [3.63, 3.8) is 0 Å². The third kappa shape index (κ3) is 5.76. The second-order valence-corrected chi connectivity index (χ2v) is 4.19. The van der Waals surface area contributed by atoms with Gasteiger partial charge in [0.2, 0.25) is 0 Å². The second-order valence-electron chi connectivity index (χ2n) is 4.19. The summed E-state index contributed by atoms with van der Waals surface area (Å²) in [6.45, 7) is 4.48. The van der Waals surface area contributed by atoms with Crippen LogP contribution in [0.3, 0.4) is 0 Å². The van der Waals surface area contributed by atoms with E-state index < -0.39 is 10.8 Å². The molecule has 0 unspecified atom stereocenters. The van der Waals surface area contributed by atoms with Gasteiger partial charge in [0.1, 0.15) is 17.4 Å². The lowest BCUT2D eigenvalue weighted by atomic mass is 10.1. The number of carbonyl (C=O) groups is 1. The lowest BCUT2D eigenvalue weighted by Gasteiger charge is -2.17. The molecule has 1 aromatic rings. The largest absolute Gasteiger partial charge is 0.508 e. The van der Waals surface area contributed by atoms with Crippen LogP contribution in [-0.4, -0.2) is 46.1 Å². The van der Waals surface area contributed by atoms with Gasteiger partial charge in [-0.2, -0.15) is 5.26 Å². The Balaban J connectivity index is 0.00000232. The van der Waals surface area contributed by atoms with Crippen molar-refractivity contribution in [3.05, 3.63) is 39.4 Å². The molecule has 0 saturated heterocycles. The van der Waals surface area contributed by atoms with E-state index in [4.69, 9.17) is 10.4 Å². The van der Waals surface area contributed by atoms with Crippen molar-refractivity contribution in [2.45, 2.75) is 13.8 Å². The van der Waals surface area contributed by atoms with E-state index in [-0.39, 0.29) is 22.6 Å². The first-order chi connectivity index (χ1) is 10.9. The molecule has 1 aromatic carbocycles. The van der Waals surface area contributed by atoms with Gasteiger partial charge in [-0.15, -0.1) is 0 Å². The van der Waals surface area contributed by atoms with Gasteiger partial charge in [0.05, 0.1) is 11.0 Å². The lowest BCUT2D eigenvalue weighted by Crippen LogP contribution is -2.31. The number of aliphatic hydroxyl groups is 1. The van der Waals surface area contributed by atoms with Gasteiger partial charge in [-0.25, -0.2) is 0 Å². The molecule has 0 atom stereocenters. The van der Waals surface area contributed by atoms with Crippen molar-refractivity contribution in [1.82, 2.24) is 4.90 Å². The Morgan fingerprint density at radius 3 is 2.35 bits per heavy atom. The number of likely N-dealkylation sites (N-methyl/N-ethyl adjacent to an activating group) is 1. The van der Waals surface area contributed by atoms with E-state index >= 15 is 0 Å². The quantitative estimate of drug-likeness (QED) is 0.367. The van der Waals surface area contributed by atoms with Crippen LogP contribution in [0.4, 0.5) is 5.69 Å². The number of nitro benzene ring substituents is 1. The molecule has 124 valence electrons.